The van der Waals surface area contributed by atoms with E-state index in [0.29, 0.717) is 10.7 Å². The van der Waals surface area contributed by atoms with E-state index in [1.807, 2.05) is 0 Å². The number of amides is 1. The molecule has 3 atom stereocenters. The molecule has 1 fully saturated rings. The average Bonchev–Trinajstić information content (AvgIpc) is 2.94. The van der Waals surface area contributed by atoms with Gasteiger partial charge in [0.15, 0.2) is 6.10 Å². The number of carbonyl (C=O) groups is 3. The molecule has 7 nitrogen and oxygen atoms in total. The highest BCUT2D eigenvalue weighted by molar-refractivity contribution is 6.30. The maximum Gasteiger partial charge on any atom is 0.338 e. The zero-order chi connectivity index (χ0) is 18.1. The summed E-state index contributed by atoms with van der Waals surface area (Å²) in [6.45, 7) is 3.63. The van der Waals surface area contributed by atoms with Crippen LogP contribution in [0.5, 0.6) is 0 Å². The lowest BCUT2D eigenvalue weighted by molar-refractivity contribution is -0.190. The van der Waals surface area contributed by atoms with Gasteiger partial charge in [-0.2, -0.15) is 5.06 Å². The molecule has 0 radical (unpaired) electrons. The smallest absolute Gasteiger partial charge is 0.338 e. The lowest BCUT2D eigenvalue weighted by Gasteiger charge is -2.31. The minimum Gasteiger partial charge on any atom is -0.464 e. The lowest BCUT2D eigenvalue weighted by Crippen LogP contribution is -2.41. The fourth-order valence-corrected chi connectivity index (χ4v) is 3.41. The molecule has 0 saturated carbocycles. The number of rotatable bonds is 5. The summed E-state index contributed by atoms with van der Waals surface area (Å²) in [5.41, 5.74) is 1.38. The molecule has 3 rings (SSSR count). The molecule has 8 heteroatoms. The summed E-state index contributed by atoms with van der Waals surface area (Å²) in [4.78, 5) is 42.0. The fraction of sp³-hybridized carbons (Fsp3) is 0.471. The van der Waals surface area contributed by atoms with Crippen LogP contribution in [0.4, 0.5) is 5.69 Å². The number of nitrogens with one attached hydrogen (secondary N) is 1. The number of anilines is 1. The number of carbonyl (C=O) groups excluding carboxylic acids is 3. The molecule has 0 spiro atoms. The number of halogens is 1. The van der Waals surface area contributed by atoms with Crippen molar-refractivity contribution in [1.29, 1.82) is 0 Å². The molecular formula is C17H19ClN2O5. The Bertz CT molecular complexity index is 723. The lowest BCUT2D eigenvalue weighted by atomic mass is 9.84. The van der Waals surface area contributed by atoms with Gasteiger partial charge in [-0.25, -0.2) is 4.79 Å². The van der Waals surface area contributed by atoms with Gasteiger partial charge in [0.2, 0.25) is 5.91 Å². The molecule has 0 bridgehead atoms. The number of fused-ring (bicyclic) bond motifs is 3. The highest BCUT2D eigenvalue weighted by Crippen LogP contribution is 2.46. The van der Waals surface area contributed by atoms with Gasteiger partial charge < -0.3 is 10.1 Å². The molecule has 134 valence electrons. The summed E-state index contributed by atoms with van der Waals surface area (Å²) in [5, 5.41) is 4.83. The van der Waals surface area contributed by atoms with Crippen LogP contribution in [0.2, 0.25) is 5.02 Å². The van der Waals surface area contributed by atoms with Crippen LogP contribution in [0.3, 0.4) is 0 Å². The maximum absolute atomic E-state index is 12.6. The number of esters is 1. The summed E-state index contributed by atoms with van der Waals surface area (Å²) in [6, 6.07) is 4.63. The van der Waals surface area contributed by atoms with Gasteiger partial charge in [-0.05, 0) is 37.6 Å². The molecule has 0 aromatic heterocycles. The molecule has 2 aliphatic heterocycles. The first-order valence-electron chi connectivity index (χ1n) is 8.12. The molecule has 1 aromatic rings. The second-order valence-corrected chi connectivity index (χ2v) is 6.50. The van der Waals surface area contributed by atoms with Crippen LogP contribution in [0, 0.1) is 5.92 Å². The number of ether oxygens (including phenoxy) is 1. The standard InChI is InChI=1S/C17H19ClN2O5/c1-3-24-17(23)15-13-14(20(25-15)7-6-9(2)21)11-8-10(18)4-5-12(11)19-16(13)22/h4-5,8,13-15H,3,6-7H2,1-2H3,(H,19,22)/t13-,14+,15-/m1/s1. The van der Waals surface area contributed by atoms with Crippen molar-refractivity contribution < 1.29 is 24.0 Å². The Balaban J connectivity index is 1.99. The van der Waals surface area contributed by atoms with Crippen molar-refractivity contribution in [1.82, 2.24) is 5.06 Å². The summed E-state index contributed by atoms with van der Waals surface area (Å²) >= 11 is 6.11. The number of ketones is 1. The van der Waals surface area contributed by atoms with Gasteiger partial charge in [-0.15, -0.1) is 0 Å². The largest absolute Gasteiger partial charge is 0.464 e. The first-order valence-corrected chi connectivity index (χ1v) is 8.50. The van der Waals surface area contributed by atoms with Crippen LogP contribution in [-0.2, 0) is 24.0 Å². The summed E-state index contributed by atoms with van der Waals surface area (Å²) in [5.74, 6) is -1.69. The van der Waals surface area contributed by atoms with Crippen LogP contribution in [-0.4, -0.2) is 42.0 Å². The summed E-state index contributed by atoms with van der Waals surface area (Å²) < 4.78 is 5.05. The van der Waals surface area contributed by atoms with Crippen molar-refractivity contribution in [2.45, 2.75) is 32.4 Å². The molecule has 0 unspecified atom stereocenters. The summed E-state index contributed by atoms with van der Waals surface area (Å²) in [7, 11) is 0. The number of benzene rings is 1. The Hall–Kier alpha value is -1.96. The minimum absolute atomic E-state index is 0.00804. The Morgan fingerprint density at radius 1 is 1.40 bits per heavy atom. The van der Waals surface area contributed by atoms with Gasteiger partial charge in [0.05, 0.1) is 18.6 Å². The Kier molecular flexibility index (Phi) is 5.08. The van der Waals surface area contributed by atoms with E-state index in [4.69, 9.17) is 21.2 Å². The number of hydroxylamine groups is 2. The van der Waals surface area contributed by atoms with Gasteiger partial charge in [-0.1, -0.05) is 11.6 Å². The molecule has 2 heterocycles. The van der Waals surface area contributed by atoms with Crippen LogP contribution in [0.1, 0.15) is 31.9 Å². The maximum atomic E-state index is 12.6. The second kappa shape index (κ2) is 7.11. The molecule has 0 aliphatic carbocycles. The van der Waals surface area contributed by atoms with E-state index in [9.17, 15) is 14.4 Å². The zero-order valence-corrected chi connectivity index (χ0v) is 14.7. The third kappa shape index (κ3) is 3.40. The Labute approximate surface area is 150 Å². The van der Waals surface area contributed by atoms with E-state index in [1.165, 1.54) is 12.0 Å². The molecule has 25 heavy (non-hydrogen) atoms. The third-order valence-electron chi connectivity index (χ3n) is 4.32. The molecule has 1 saturated heterocycles. The normalized spacial score (nSPS) is 25.1. The predicted molar refractivity (Wildman–Crippen MR) is 89.8 cm³/mol. The van der Waals surface area contributed by atoms with E-state index in [2.05, 4.69) is 5.32 Å². The van der Waals surface area contributed by atoms with Crippen LogP contribution in [0.15, 0.2) is 18.2 Å². The number of nitrogens with zero attached hydrogens (tertiary/aromatic N) is 1. The minimum atomic E-state index is -1.05. The topological polar surface area (TPSA) is 84.9 Å². The van der Waals surface area contributed by atoms with E-state index in [0.717, 1.165) is 5.56 Å². The van der Waals surface area contributed by atoms with E-state index in [1.54, 1.807) is 25.1 Å². The van der Waals surface area contributed by atoms with Crippen LogP contribution >= 0.6 is 11.6 Å². The van der Waals surface area contributed by atoms with E-state index in [-0.39, 0.29) is 31.3 Å². The zero-order valence-electron chi connectivity index (χ0n) is 14.0. The van der Waals surface area contributed by atoms with Crippen LogP contribution < -0.4 is 5.32 Å². The molecular weight excluding hydrogens is 348 g/mol. The average molecular weight is 367 g/mol. The van der Waals surface area contributed by atoms with Gasteiger partial charge in [0.25, 0.3) is 0 Å². The molecule has 1 N–H and O–H groups in total. The number of hydrogen-bond acceptors (Lipinski definition) is 6. The first-order chi connectivity index (χ1) is 11.9. The van der Waals surface area contributed by atoms with E-state index >= 15 is 0 Å². The van der Waals surface area contributed by atoms with Gasteiger partial charge in [0, 0.05) is 23.7 Å². The van der Waals surface area contributed by atoms with Crippen molar-refractivity contribution in [2.75, 3.05) is 18.5 Å². The highest BCUT2D eigenvalue weighted by Gasteiger charge is 2.54. The van der Waals surface area contributed by atoms with Gasteiger partial charge in [0.1, 0.15) is 5.78 Å². The van der Waals surface area contributed by atoms with Crippen molar-refractivity contribution in [3.05, 3.63) is 28.8 Å². The van der Waals surface area contributed by atoms with Crippen molar-refractivity contribution in [3.8, 4) is 0 Å². The fourth-order valence-electron chi connectivity index (χ4n) is 3.23. The SMILES string of the molecule is CCOC(=O)[C@@H]1ON(CCC(C)=O)[C@H]2c3cc(Cl)ccc3NC(=O)[C@@H]12. The van der Waals surface area contributed by atoms with Crippen molar-refractivity contribution >= 4 is 34.9 Å². The second-order valence-electron chi connectivity index (χ2n) is 6.06. The number of hydrogen-bond donors (Lipinski definition) is 1. The molecule has 1 aromatic carbocycles. The van der Waals surface area contributed by atoms with Crippen molar-refractivity contribution in [2.24, 2.45) is 5.92 Å². The monoisotopic (exact) mass is 366 g/mol. The third-order valence-corrected chi connectivity index (χ3v) is 4.56. The van der Waals surface area contributed by atoms with Gasteiger partial charge >= 0.3 is 5.97 Å². The quantitative estimate of drug-likeness (QED) is 0.803. The Morgan fingerprint density at radius 2 is 2.16 bits per heavy atom. The predicted octanol–water partition coefficient (Wildman–Crippen LogP) is 2.11. The van der Waals surface area contributed by atoms with E-state index < -0.39 is 24.0 Å². The summed E-state index contributed by atoms with van der Waals surface area (Å²) in [6.07, 6.45) is -0.806. The van der Waals surface area contributed by atoms with Crippen LogP contribution in [0.25, 0.3) is 0 Å². The molecule has 1 amide bonds. The van der Waals surface area contributed by atoms with Crippen molar-refractivity contribution in [3.63, 3.8) is 0 Å². The molecule has 2 aliphatic rings. The Morgan fingerprint density at radius 3 is 2.84 bits per heavy atom. The number of Topliss-reactive ketones (excluding diaryl/α,β-unsaturated/α-hetero) is 1. The van der Waals surface area contributed by atoms with Gasteiger partial charge in [-0.3, -0.25) is 14.4 Å². The first kappa shape index (κ1) is 17.8. The highest BCUT2D eigenvalue weighted by atomic mass is 35.5.